The third-order valence-electron chi connectivity index (χ3n) is 6.40. The summed E-state index contributed by atoms with van der Waals surface area (Å²) in [4.78, 5) is 26.4. The zero-order valence-electron chi connectivity index (χ0n) is 19.6. The van der Waals surface area contributed by atoms with Gasteiger partial charge < -0.3 is 14.2 Å². The summed E-state index contributed by atoms with van der Waals surface area (Å²) >= 11 is 0. The Morgan fingerprint density at radius 1 is 0.939 bits per heavy atom. The average Bonchev–Trinajstić information content (AvgIpc) is 2.79. The predicted molar refractivity (Wildman–Crippen MR) is 127 cm³/mol. The molecule has 1 aliphatic heterocycles. The number of hydrogen-bond donors (Lipinski definition) is 0. The smallest absolute Gasteiger partial charge is 0.315 e. The third-order valence-corrected chi connectivity index (χ3v) is 6.40. The normalized spacial score (nSPS) is 22.2. The summed E-state index contributed by atoms with van der Waals surface area (Å²) in [6.07, 6.45) is 5.48. The molecule has 0 unspecified atom stereocenters. The number of rotatable bonds is 6. The van der Waals surface area contributed by atoms with E-state index in [4.69, 9.17) is 14.2 Å². The number of esters is 1. The highest BCUT2D eigenvalue weighted by Crippen LogP contribution is 2.45. The average molecular weight is 447 g/mol. The van der Waals surface area contributed by atoms with E-state index >= 15 is 0 Å². The zero-order valence-corrected chi connectivity index (χ0v) is 19.6. The van der Waals surface area contributed by atoms with E-state index in [0.29, 0.717) is 30.6 Å². The first kappa shape index (κ1) is 22.8. The van der Waals surface area contributed by atoms with Crippen LogP contribution in [0.1, 0.15) is 37.8 Å². The lowest BCUT2D eigenvalue weighted by Crippen LogP contribution is -2.40. The lowest BCUT2D eigenvalue weighted by molar-refractivity contribution is -0.149. The van der Waals surface area contributed by atoms with Gasteiger partial charge in [0.05, 0.1) is 20.1 Å². The van der Waals surface area contributed by atoms with Gasteiger partial charge in [-0.05, 0) is 47.2 Å². The molecule has 0 aromatic heterocycles. The molecule has 172 valence electrons. The highest BCUT2D eigenvalue weighted by molar-refractivity contribution is 6.00. The van der Waals surface area contributed by atoms with Crippen LogP contribution in [0.25, 0.3) is 6.08 Å². The van der Waals surface area contributed by atoms with Crippen LogP contribution in [-0.4, -0.2) is 26.0 Å². The quantitative estimate of drug-likeness (QED) is 0.557. The molecule has 5 heteroatoms. The molecule has 0 bridgehead atoms. The van der Waals surface area contributed by atoms with Crippen molar-refractivity contribution >= 4 is 17.8 Å². The number of hydrogen-bond acceptors (Lipinski definition) is 5. The van der Waals surface area contributed by atoms with E-state index in [1.54, 1.807) is 14.2 Å². The van der Waals surface area contributed by atoms with Crippen LogP contribution in [0.15, 0.2) is 65.9 Å². The van der Waals surface area contributed by atoms with Crippen molar-refractivity contribution in [2.75, 3.05) is 14.2 Å². The lowest BCUT2D eigenvalue weighted by Gasteiger charge is -2.39. The summed E-state index contributed by atoms with van der Waals surface area (Å²) in [6, 6.07) is 15.4. The van der Waals surface area contributed by atoms with E-state index in [2.05, 4.69) is 0 Å². The van der Waals surface area contributed by atoms with Crippen LogP contribution in [-0.2, 0) is 20.7 Å². The second-order valence-electron chi connectivity index (χ2n) is 9.52. The van der Waals surface area contributed by atoms with Gasteiger partial charge in [-0.15, -0.1) is 0 Å². The van der Waals surface area contributed by atoms with Crippen LogP contribution < -0.4 is 9.47 Å². The summed E-state index contributed by atoms with van der Waals surface area (Å²) in [6.45, 7) is 4.07. The van der Waals surface area contributed by atoms with Crippen LogP contribution in [0.3, 0.4) is 0 Å². The minimum absolute atomic E-state index is 0.0675. The second kappa shape index (κ2) is 9.26. The SMILES string of the molecule is COc1ccc(/C=C/[C@@H]2C3=C(CC(C)(C)CC3=O)OC(=O)[C@@H]2Cc2ccc(OC)cc2)cc1. The maximum Gasteiger partial charge on any atom is 0.315 e. The van der Waals surface area contributed by atoms with Crippen molar-refractivity contribution in [1.29, 1.82) is 0 Å². The number of carbonyl (C=O) groups is 2. The van der Waals surface area contributed by atoms with Crippen LogP contribution in [0.5, 0.6) is 11.5 Å². The van der Waals surface area contributed by atoms with E-state index in [1.165, 1.54) is 0 Å². The number of benzene rings is 2. The summed E-state index contributed by atoms with van der Waals surface area (Å²) in [7, 11) is 3.25. The number of ketones is 1. The van der Waals surface area contributed by atoms with Crippen LogP contribution in [0.2, 0.25) is 0 Å². The fourth-order valence-corrected chi connectivity index (χ4v) is 4.67. The third kappa shape index (κ3) is 5.03. The number of allylic oxidation sites excluding steroid dienone is 3. The lowest BCUT2D eigenvalue weighted by atomic mass is 9.69. The summed E-state index contributed by atoms with van der Waals surface area (Å²) in [5.41, 5.74) is 2.40. The van der Waals surface area contributed by atoms with Crippen molar-refractivity contribution in [2.24, 2.45) is 17.3 Å². The van der Waals surface area contributed by atoms with Gasteiger partial charge in [0.2, 0.25) is 0 Å². The second-order valence-corrected chi connectivity index (χ2v) is 9.52. The first-order chi connectivity index (χ1) is 15.8. The molecule has 2 aliphatic rings. The first-order valence-electron chi connectivity index (χ1n) is 11.2. The topological polar surface area (TPSA) is 61.8 Å². The van der Waals surface area contributed by atoms with Crippen molar-refractivity contribution < 1.29 is 23.8 Å². The molecule has 0 spiro atoms. The van der Waals surface area contributed by atoms with Crippen molar-refractivity contribution in [3.8, 4) is 11.5 Å². The van der Waals surface area contributed by atoms with Crippen LogP contribution >= 0.6 is 0 Å². The van der Waals surface area contributed by atoms with E-state index in [1.807, 2.05) is 74.5 Å². The number of Topliss-reactive ketones (excluding diaryl/α,β-unsaturated/α-hetero) is 1. The molecule has 0 radical (unpaired) electrons. The number of ether oxygens (including phenoxy) is 3. The van der Waals surface area contributed by atoms with Crippen molar-refractivity contribution in [2.45, 2.75) is 33.1 Å². The molecular formula is C28H30O5. The number of methoxy groups -OCH3 is 2. The summed E-state index contributed by atoms with van der Waals surface area (Å²) in [5.74, 6) is 1.05. The zero-order chi connectivity index (χ0) is 23.6. The Hall–Kier alpha value is -3.34. The molecular weight excluding hydrogens is 416 g/mol. The molecule has 0 N–H and O–H groups in total. The molecule has 2 aromatic carbocycles. The van der Waals surface area contributed by atoms with E-state index in [-0.39, 0.29) is 23.1 Å². The Bertz CT molecular complexity index is 1090. The van der Waals surface area contributed by atoms with E-state index in [0.717, 1.165) is 22.6 Å². The largest absolute Gasteiger partial charge is 0.497 e. The predicted octanol–water partition coefficient (Wildman–Crippen LogP) is 5.39. The standard InChI is InChI=1S/C28H30O5/c1-28(2)16-24(29)26-22(14-9-18-5-10-20(31-3)11-6-18)23(27(30)33-25(26)17-28)15-19-7-12-21(32-4)13-8-19/h5-14,22-23H,15-17H2,1-4H3/b14-9+/t22-,23+/m0/s1. The highest BCUT2D eigenvalue weighted by atomic mass is 16.5. The van der Waals surface area contributed by atoms with Gasteiger partial charge in [-0.25, -0.2) is 0 Å². The first-order valence-corrected chi connectivity index (χ1v) is 11.2. The van der Waals surface area contributed by atoms with E-state index < -0.39 is 5.92 Å². The monoisotopic (exact) mass is 446 g/mol. The van der Waals surface area contributed by atoms with E-state index in [9.17, 15) is 9.59 Å². The van der Waals surface area contributed by atoms with Gasteiger partial charge in [-0.3, -0.25) is 9.59 Å². The van der Waals surface area contributed by atoms with Crippen LogP contribution in [0.4, 0.5) is 0 Å². The Morgan fingerprint density at radius 2 is 1.55 bits per heavy atom. The molecule has 1 heterocycles. The van der Waals surface area contributed by atoms with Gasteiger partial charge in [-0.1, -0.05) is 50.3 Å². The Kier molecular flexibility index (Phi) is 6.41. The maximum atomic E-state index is 13.2. The number of carbonyl (C=O) groups excluding carboxylic acids is 2. The fourth-order valence-electron chi connectivity index (χ4n) is 4.67. The molecule has 0 amide bonds. The Balaban J connectivity index is 1.70. The Morgan fingerprint density at radius 3 is 2.15 bits per heavy atom. The fraction of sp³-hybridized carbons (Fsp3) is 0.357. The van der Waals surface area contributed by atoms with Crippen molar-refractivity contribution in [3.63, 3.8) is 0 Å². The van der Waals surface area contributed by atoms with Gasteiger partial charge in [0, 0.05) is 24.3 Å². The summed E-state index contributed by atoms with van der Waals surface area (Å²) in [5, 5.41) is 0. The van der Waals surface area contributed by atoms with Gasteiger partial charge in [0.1, 0.15) is 17.3 Å². The van der Waals surface area contributed by atoms with Crippen molar-refractivity contribution in [1.82, 2.24) is 0 Å². The molecule has 0 saturated carbocycles. The van der Waals surface area contributed by atoms with Crippen LogP contribution in [0, 0.1) is 17.3 Å². The highest BCUT2D eigenvalue weighted by Gasteiger charge is 2.45. The van der Waals surface area contributed by atoms with Gasteiger partial charge >= 0.3 is 5.97 Å². The summed E-state index contributed by atoms with van der Waals surface area (Å²) < 4.78 is 16.3. The maximum absolute atomic E-state index is 13.2. The molecule has 0 saturated heterocycles. The Labute approximate surface area is 195 Å². The minimum atomic E-state index is -0.475. The molecule has 2 atom stereocenters. The molecule has 4 rings (SSSR count). The van der Waals surface area contributed by atoms with Gasteiger partial charge in [-0.2, -0.15) is 0 Å². The van der Waals surface area contributed by atoms with Crippen molar-refractivity contribution in [3.05, 3.63) is 77.1 Å². The molecule has 2 aromatic rings. The molecule has 1 aliphatic carbocycles. The van der Waals surface area contributed by atoms with Gasteiger partial charge in [0.15, 0.2) is 5.78 Å². The molecule has 5 nitrogen and oxygen atoms in total. The minimum Gasteiger partial charge on any atom is -0.497 e. The molecule has 33 heavy (non-hydrogen) atoms. The molecule has 0 fully saturated rings. The van der Waals surface area contributed by atoms with Gasteiger partial charge in [0.25, 0.3) is 0 Å².